The summed E-state index contributed by atoms with van der Waals surface area (Å²) in [5, 5.41) is 79.9. The highest BCUT2D eigenvalue weighted by Crippen LogP contribution is 2.33. The summed E-state index contributed by atoms with van der Waals surface area (Å²) in [6.45, 7) is 13.3. The molecule has 14 N–H and O–H groups in total. The van der Waals surface area contributed by atoms with Crippen molar-refractivity contribution in [2.75, 3.05) is 58.1 Å². The molecule has 1 aromatic heterocycles. The highest BCUT2D eigenvalue weighted by atomic mass is 33.1. The average Bonchev–Trinajstić information content (AvgIpc) is 1.77. The number of likely N-dealkylation sites (N-methyl/N-ethyl adjacent to an activating group) is 1. The summed E-state index contributed by atoms with van der Waals surface area (Å²) in [7, 11) is 3.92. The van der Waals surface area contributed by atoms with E-state index in [2.05, 4.69) is 47.4 Å². The molecule has 0 aliphatic carbocycles. The number of hydrogen-bond acceptors (Lipinski definition) is 24. The van der Waals surface area contributed by atoms with Crippen LogP contribution in [-0.2, 0) is 91.2 Å². The van der Waals surface area contributed by atoms with E-state index in [1.165, 1.54) is 35.6 Å². The Morgan fingerprint density at radius 2 is 1.31 bits per heavy atom. The number of thiazole rings is 1. The zero-order valence-corrected chi connectivity index (χ0v) is 70.0. The van der Waals surface area contributed by atoms with E-state index >= 15 is 0 Å². The van der Waals surface area contributed by atoms with Gasteiger partial charge in [0.1, 0.15) is 36.7 Å². The van der Waals surface area contributed by atoms with Crippen LogP contribution >= 0.6 is 32.9 Å². The van der Waals surface area contributed by atoms with Crippen molar-refractivity contribution in [3.8, 4) is 5.75 Å². The standard InChI is InChI=1S/C79H115N11O24S3/c1-9-16-69(101)114-45-90(75(106)56(47(5)10-2)39-64(93)61-18-12-14-30-89(61)8)62(46(3)4)34-49(7)74-87-59(43-115-74)73(105)84-54(35-50-24-26-55(91)27-25-50)33-48(6)71(103)82-42-70(102)113-31-32-116-117-44-60(77(109)110)86-72(104)53(38-67(97)98)37-63(92)58(40-68(99)100)85-65(94)36-51-20-22-52(23-21-51)41-83-78(111)80-28-13-11-17-57(76(107)108)88-79(112)81-29-15-19-66(95)96/h20-27,43,46-49,53-54,56-58,60-62,91H,9-19,28-42,44-45H2,1-8H3,(H,82,103)(H,84,105)(H,85,94)(H,86,104)(H,95,96)(H,97,98)(H,99,100)(H,107,108)(H,109,110)(H2,80,83,111)(H2,81,88,112)/t47?,48-,49+,53-,54+,56-,57-,58-,60-,61?,62+/m0/s1. The third-order valence-corrected chi connectivity index (χ3v) is 23.2. The SMILES string of the molecule is CCCC(=O)OCN(C(=O)[C@@H](CC(=O)C1CCCCN1C)C(C)CC)[C@H](C[C@@H](C)c1nc(C(=O)N[C@@H](Cc2ccc(O)cc2)C[C@H](C)C(=O)NCC(=O)OCCSSC[C@H](NC(=O)[C@H](CC(=O)O)CC(=O)[C@H](CC(=O)O)NC(=O)Cc2ccc(CNC(=O)NCCCC[C@H](NC(=O)NCCCC(=O)O)C(=O)O)cc2)C(=O)O)cs1)C(C)C. The lowest BCUT2D eigenvalue weighted by Crippen LogP contribution is -2.50. The lowest BCUT2D eigenvalue weighted by atomic mass is 9.82. The van der Waals surface area contributed by atoms with E-state index in [4.69, 9.17) is 19.6 Å². The van der Waals surface area contributed by atoms with Crippen molar-refractivity contribution in [1.29, 1.82) is 0 Å². The number of likely N-dealkylation sites (tertiary alicyclic amines) is 1. The summed E-state index contributed by atoms with van der Waals surface area (Å²) in [6.07, 6.45) is 2.25. The number of Topliss-reactive ketones (excluding diaryl/α,β-unsaturated/α-hetero) is 2. The summed E-state index contributed by atoms with van der Waals surface area (Å²) in [4.78, 5) is 214. The van der Waals surface area contributed by atoms with Crippen LogP contribution in [0.2, 0.25) is 0 Å². The van der Waals surface area contributed by atoms with Gasteiger partial charge in [-0.15, -0.1) is 11.3 Å². The molecule has 2 unspecified atom stereocenters. The Bertz CT molecular complexity index is 3810. The van der Waals surface area contributed by atoms with E-state index in [-0.39, 0.29) is 143 Å². The molecule has 2 heterocycles. The lowest BCUT2D eigenvalue weighted by molar-refractivity contribution is -0.160. The number of ketones is 2. The summed E-state index contributed by atoms with van der Waals surface area (Å²) in [5.74, 6) is -16.5. The van der Waals surface area contributed by atoms with E-state index in [1.807, 2.05) is 48.6 Å². The number of unbranched alkanes of at least 4 members (excludes halogenated alkanes) is 1. The molecule has 35 nitrogen and oxygen atoms in total. The number of hydrogen-bond donors (Lipinski definition) is 14. The fraction of sp³-hybridized carbons (Fsp3) is 0.608. The molecule has 648 valence electrons. The highest BCUT2D eigenvalue weighted by Gasteiger charge is 2.40. The maximum Gasteiger partial charge on any atom is 0.327 e. The predicted molar refractivity (Wildman–Crippen MR) is 433 cm³/mol. The number of amides is 9. The van der Waals surface area contributed by atoms with E-state index in [0.717, 1.165) is 53.0 Å². The Balaban J connectivity index is 1.26. The van der Waals surface area contributed by atoms with Crippen LogP contribution in [0.25, 0.3) is 0 Å². The Morgan fingerprint density at radius 3 is 1.94 bits per heavy atom. The largest absolute Gasteiger partial charge is 0.508 e. The molecule has 0 saturated carbocycles. The van der Waals surface area contributed by atoms with Crippen molar-refractivity contribution in [2.45, 2.75) is 219 Å². The van der Waals surface area contributed by atoms with Crippen molar-refractivity contribution in [3.05, 3.63) is 81.3 Å². The first-order valence-corrected chi connectivity index (χ1v) is 42.6. The molecule has 1 fully saturated rings. The van der Waals surface area contributed by atoms with Crippen LogP contribution in [0.4, 0.5) is 9.59 Å². The maximum atomic E-state index is 15.0. The van der Waals surface area contributed by atoms with Gasteiger partial charge >= 0.3 is 53.8 Å². The van der Waals surface area contributed by atoms with Crippen LogP contribution in [0.15, 0.2) is 53.9 Å². The number of aromatic nitrogens is 1. The quantitative estimate of drug-likeness (QED) is 0.0125. The van der Waals surface area contributed by atoms with Crippen LogP contribution in [0, 0.1) is 29.6 Å². The lowest BCUT2D eigenvalue weighted by Gasteiger charge is -2.39. The van der Waals surface area contributed by atoms with Gasteiger partial charge in [0.05, 0.1) is 42.3 Å². The number of nitrogens with zero attached hydrogens (tertiary/aromatic N) is 3. The molecule has 117 heavy (non-hydrogen) atoms. The fourth-order valence-electron chi connectivity index (χ4n) is 12.9. The number of phenolic OH excluding ortho intramolecular Hbond substituents is 1. The normalized spacial score (nSPS) is 15.3. The number of rotatable bonds is 56. The average molecular weight is 1700 g/mol. The minimum Gasteiger partial charge on any atom is -0.508 e. The number of aliphatic carboxylic acids is 5. The molecular weight excluding hydrogens is 1580 g/mol. The third kappa shape index (κ3) is 37.9. The van der Waals surface area contributed by atoms with Gasteiger partial charge in [-0.2, -0.15) is 0 Å². The predicted octanol–water partition coefficient (Wildman–Crippen LogP) is 6.42. The number of piperidine rings is 1. The first-order valence-electron chi connectivity index (χ1n) is 39.3. The van der Waals surface area contributed by atoms with Gasteiger partial charge in [-0.3, -0.25) is 62.4 Å². The van der Waals surface area contributed by atoms with Crippen molar-refractivity contribution in [3.63, 3.8) is 0 Å². The Hall–Kier alpha value is -9.95. The van der Waals surface area contributed by atoms with Gasteiger partial charge < -0.3 is 87.5 Å². The van der Waals surface area contributed by atoms with Crippen molar-refractivity contribution < 1.29 is 117 Å². The van der Waals surface area contributed by atoms with Gasteiger partial charge in [-0.1, -0.05) is 119 Å². The minimum absolute atomic E-state index is 0.0158. The van der Waals surface area contributed by atoms with Crippen molar-refractivity contribution >= 4 is 128 Å². The fourth-order valence-corrected chi connectivity index (χ4v) is 15.7. The molecule has 11 atom stereocenters. The summed E-state index contributed by atoms with van der Waals surface area (Å²) in [6, 6.07) is 5.21. The van der Waals surface area contributed by atoms with Crippen LogP contribution in [0.5, 0.6) is 5.75 Å². The van der Waals surface area contributed by atoms with Gasteiger partial charge in [0, 0.05) is 92.0 Å². The maximum absolute atomic E-state index is 15.0. The second-order valence-electron chi connectivity index (χ2n) is 29.6. The van der Waals surface area contributed by atoms with Crippen LogP contribution in [0.3, 0.4) is 0 Å². The second-order valence-corrected chi connectivity index (χ2v) is 33.1. The number of urea groups is 2. The molecular formula is C79H115N11O24S3. The summed E-state index contributed by atoms with van der Waals surface area (Å²) < 4.78 is 11.0. The van der Waals surface area contributed by atoms with Crippen molar-refractivity contribution in [2.24, 2.45) is 29.6 Å². The monoisotopic (exact) mass is 1700 g/mol. The molecule has 3 aromatic rings. The summed E-state index contributed by atoms with van der Waals surface area (Å²) >= 11 is 1.26. The molecule has 9 amide bonds. The number of carboxylic acid groups (broad SMARTS) is 5. The highest BCUT2D eigenvalue weighted by molar-refractivity contribution is 8.76. The van der Waals surface area contributed by atoms with Gasteiger partial charge in [-0.05, 0) is 118 Å². The van der Waals surface area contributed by atoms with Crippen LogP contribution < -0.4 is 42.5 Å². The number of nitrogens with one attached hydrogen (secondary N) is 8. The molecule has 0 spiro atoms. The molecule has 1 aliphatic heterocycles. The first kappa shape index (κ1) is 99.4. The number of benzene rings is 2. The summed E-state index contributed by atoms with van der Waals surface area (Å²) in [5.41, 5.74) is 1.82. The molecule has 4 rings (SSSR count). The molecule has 1 saturated heterocycles. The Morgan fingerprint density at radius 1 is 0.650 bits per heavy atom. The van der Waals surface area contributed by atoms with Gasteiger partial charge in [-0.25, -0.2) is 24.2 Å². The van der Waals surface area contributed by atoms with Crippen molar-refractivity contribution in [1.82, 2.24) is 57.3 Å². The number of esters is 2. The van der Waals surface area contributed by atoms with Gasteiger partial charge in [0.25, 0.3) is 5.91 Å². The zero-order chi connectivity index (χ0) is 86.8. The molecule has 38 heteroatoms. The van der Waals surface area contributed by atoms with E-state index in [1.54, 1.807) is 41.5 Å². The topological polar surface area (TPSA) is 529 Å². The number of carbonyl (C=O) groups is 16. The molecule has 0 radical (unpaired) electrons. The number of phenols is 1. The number of carbonyl (C=O) groups excluding carboxylic acids is 11. The van der Waals surface area contributed by atoms with Crippen LogP contribution in [-0.4, -0.2) is 235 Å². The van der Waals surface area contributed by atoms with E-state index in [9.17, 15) is 102 Å². The molecule has 2 aromatic carbocycles. The van der Waals surface area contributed by atoms with Gasteiger partial charge in [0.15, 0.2) is 18.3 Å². The Labute approximate surface area is 692 Å². The number of ether oxygens (including phenoxy) is 2. The second kappa shape index (κ2) is 52.7. The molecule has 0 bridgehead atoms. The Kier molecular flexibility index (Phi) is 44.8. The third-order valence-electron chi connectivity index (χ3n) is 19.7. The zero-order valence-electron chi connectivity index (χ0n) is 67.5. The van der Waals surface area contributed by atoms with E-state index < -0.39 is 157 Å². The van der Waals surface area contributed by atoms with E-state index in [0.29, 0.717) is 48.2 Å². The smallest absolute Gasteiger partial charge is 0.327 e. The molecule has 1 aliphatic rings. The number of carboxylic acids is 5. The first-order chi connectivity index (χ1) is 55.5. The minimum atomic E-state index is -1.74. The van der Waals surface area contributed by atoms with Gasteiger partial charge in [0.2, 0.25) is 23.6 Å². The van der Waals surface area contributed by atoms with Crippen LogP contribution in [0.1, 0.15) is 196 Å². The number of aromatic hydroxyl groups is 1.